The quantitative estimate of drug-likeness (QED) is 0.680. The summed E-state index contributed by atoms with van der Waals surface area (Å²) in [6.45, 7) is 0. The molecule has 0 saturated heterocycles. The number of hydrogen-bond donors (Lipinski definition) is 1. The minimum absolute atomic E-state index is 0.106. The second-order valence-corrected chi connectivity index (χ2v) is 5.04. The molecule has 2 rings (SSSR count). The molecule has 2 aromatic rings. The van der Waals surface area contributed by atoms with Crippen molar-refractivity contribution in [3.63, 3.8) is 0 Å². The lowest BCUT2D eigenvalue weighted by Gasteiger charge is -2.16. The fraction of sp³-hybridized carbons (Fsp3) is 0.0714. The second-order valence-electron chi connectivity index (χ2n) is 3.74. The summed E-state index contributed by atoms with van der Waals surface area (Å²) in [6, 6.07) is 20.3. The fourth-order valence-electron chi connectivity index (χ4n) is 1.72. The Morgan fingerprint density at radius 1 is 0.944 bits per heavy atom. The summed E-state index contributed by atoms with van der Waals surface area (Å²) in [6.07, 6.45) is 0. The SMILES string of the molecule is NC(=NCl)SC(c1ccccc1)c1ccccc1. The summed E-state index contributed by atoms with van der Waals surface area (Å²) in [5.74, 6) is 0. The number of amidine groups is 1. The van der Waals surface area contributed by atoms with Crippen molar-refractivity contribution < 1.29 is 0 Å². The third-order valence-electron chi connectivity index (χ3n) is 2.53. The maximum absolute atomic E-state index is 5.73. The van der Waals surface area contributed by atoms with Gasteiger partial charge in [-0.1, -0.05) is 72.4 Å². The Morgan fingerprint density at radius 2 is 1.39 bits per heavy atom. The summed E-state index contributed by atoms with van der Waals surface area (Å²) in [7, 11) is 0. The van der Waals surface area contributed by atoms with Gasteiger partial charge in [0.2, 0.25) is 0 Å². The van der Waals surface area contributed by atoms with Crippen molar-refractivity contribution in [3.05, 3.63) is 71.8 Å². The van der Waals surface area contributed by atoms with Gasteiger partial charge in [0.05, 0.1) is 5.25 Å². The van der Waals surface area contributed by atoms with Gasteiger partial charge in [0, 0.05) is 11.8 Å². The van der Waals surface area contributed by atoms with Gasteiger partial charge in [-0.2, -0.15) is 4.51 Å². The van der Waals surface area contributed by atoms with Gasteiger partial charge in [-0.05, 0) is 11.1 Å². The van der Waals surface area contributed by atoms with Crippen molar-refractivity contribution in [2.24, 2.45) is 10.2 Å². The molecule has 2 aromatic carbocycles. The van der Waals surface area contributed by atoms with Crippen molar-refractivity contribution in [2.45, 2.75) is 5.25 Å². The zero-order valence-electron chi connectivity index (χ0n) is 9.66. The third kappa shape index (κ3) is 3.28. The molecule has 2 nitrogen and oxygen atoms in total. The highest BCUT2D eigenvalue weighted by molar-refractivity contribution is 8.14. The first-order valence-corrected chi connectivity index (χ1v) is 6.74. The highest BCUT2D eigenvalue weighted by Gasteiger charge is 2.16. The Morgan fingerprint density at radius 3 is 1.78 bits per heavy atom. The van der Waals surface area contributed by atoms with E-state index < -0.39 is 0 Å². The molecular formula is C14H13ClN2S. The topological polar surface area (TPSA) is 38.4 Å². The molecule has 0 amide bonds. The molecule has 0 aliphatic rings. The van der Waals surface area contributed by atoms with E-state index in [4.69, 9.17) is 17.5 Å². The summed E-state index contributed by atoms with van der Waals surface area (Å²) in [5, 5.41) is 0.476. The smallest absolute Gasteiger partial charge is 0.173 e. The number of nitrogens with zero attached hydrogens (tertiary/aromatic N) is 1. The van der Waals surface area contributed by atoms with Crippen molar-refractivity contribution >= 4 is 28.7 Å². The van der Waals surface area contributed by atoms with Crippen molar-refractivity contribution in [3.8, 4) is 0 Å². The zero-order valence-corrected chi connectivity index (χ0v) is 11.2. The van der Waals surface area contributed by atoms with Gasteiger partial charge in [-0.15, -0.1) is 0 Å². The average Bonchev–Trinajstić information content (AvgIpc) is 2.46. The number of rotatable bonds is 3. The Hall–Kier alpha value is -1.45. The van der Waals surface area contributed by atoms with Crippen molar-refractivity contribution in [1.82, 2.24) is 0 Å². The van der Waals surface area contributed by atoms with Crippen LogP contribution < -0.4 is 5.73 Å². The summed E-state index contributed by atoms with van der Waals surface area (Å²) >= 11 is 6.86. The fourth-order valence-corrected chi connectivity index (χ4v) is 2.71. The third-order valence-corrected chi connectivity index (χ3v) is 3.92. The van der Waals surface area contributed by atoms with Crippen LogP contribution in [0.4, 0.5) is 0 Å². The van der Waals surface area contributed by atoms with Gasteiger partial charge >= 0.3 is 0 Å². The second kappa shape index (κ2) is 6.47. The van der Waals surface area contributed by atoms with E-state index in [0.717, 1.165) is 0 Å². The number of thioether (sulfide) groups is 1. The van der Waals surface area contributed by atoms with Crippen LogP contribution in [0.2, 0.25) is 0 Å². The zero-order chi connectivity index (χ0) is 12.8. The molecule has 0 fully saturated rings. The molecule has 0 saturated carbocycles. The predicted molar refractivity (Wildman–Crippen MR) is 79.8 cm³/mol. The molecular weight excluding hydrogens is 264 g/mol. The van der Waals surface area contributed by atoms with Gasteiger partial charge in [0.15, 0.2) is 5.17 Å². The monoisotopic (exact) mass is 276 g/mol. The Bertz CT molecular complexity index is 474. The Labute approximate surface area is 116 Å². The minimum Gasteiger partial charge on any atom is -0.377 e. The lowest BCUT2D eigenvalue weighted by Crippen LogP contribution is -2.09. The molecule has 4 heteroatoms. The first-order valence-electron chi connectivity index (χ1n) is 5.52. The number of nitrogens with two attached hydrogens (primary N) is 1. The van der Waals surface area contributed by atoms with Crippen LogP contribution in [-0.2, 0) is 0 Å². The molecule has 0 radical (unpaired) electrons. The number of hydrogen-bond acceptors (Lipinski definition) is 2. The minimum atomic E-state index is 0.106. The van der Waals surface area contributed by atoms with E-state index in [-0.39, 0.29) is 5.25 Å². The Balaban J connectivity index is 2.35. The molecule has 92 valence electrons. The molecule has 0 aliphatic heterocycles. The lowest BCUT2D eigenvalue weighted by molar-refractivity contribution is 1.16. The van der Waals surface area contributed by atoms with Crippen molar-refractivity contribution in [1.29, 1.82) is 0 Å². The van der Waals surface area contributed by atoms with Crippen LogP contribution in [0.1, 0.15) is 16.4 Å². The van der Waals surface area contributed by atoms with E-state index in [1.807, 2.05) is 36.4 Å². The van der Waals surface area contributed by atoms with Crippen LogP contribution in [0, 0.1) is 0 Å². The Kier molecular flexibility index (Phi) is 4.67. The maximum Gasteiger partial charge on any atom is 0.173 e. The summed E-state index contributed by atoms with van der Waals surface area (Å²) in [5.41, 5.74) is 8.09. The van der Waals surface area contributed by atoms with Crippen LogP contribution in [0.3, 0.4) is 0 Å². The van der Waals surface area contributed by atoms with E-state index in [0.29, 0.717) is 5.17 Å². The number of benzene rings is 2. The van der Waals surface area contributed by atoms with E-state index in [9.17, 15) is 0 Å². The molecule has 0 aromatic heterocycles. The van der Waals surface area contributed by atoms with E-state index in [2.05, 4.69) is 28.8 Å². The standard InChI is InChI=1S/C14H13ClN2S/c15-17-14(16)18-13(11-7-3-1-4-8-11)12-9-5-2-6-10-12/h1-10,13H,(H2,16,17). The summed E-state index contributed by atoms with van der Waals surface area (Å²) in [4.78, 5) is 0. The van der Waals surface area contributed by atoms with E-state index >= 15 is 0 Å². The first-order chi connectivity index (χ1) is 8.81. The molecule has 18 heavy (non-hydrogen) atoms. The van der Waals surface area contributed by atoms with Gasteiger partial charge in [-0.25, -0.2) is 0 Å². The molecule has 0 spiro atoms. The van der Waals surface area contributed by atoms with Crippen LogP contribution in [-0.4, -0.2) is 5.17 Å². The lowest BCUT2D eigenvalue weighted by atomic mass is 10.0. The predicted octanol–water partition coefficient (Wildman–Crippen LogP) is 3.98. The van der Waals surface area contributed by atoms with Crippen LogP contribution in [0.5, 0.6) is 0 Å². The maximum atomic E-state index is 5.73. The molecule has 0 bridgehead atoms. The highest BCUT2D eigenvalue weighted by atomic mass is 35.5. The molecule has 0 heterocycles. The first kappa shape index (κ1) is 13.0. The van der Waals surface area contributed by atoms with Crippen LogP contribution in [0.15, 0.2) is 65.2 Å². The van der Waals surface area contributed by atoms with Gasteiger partial charge in [0.1, 0.15) is 0 Å². The van der Waals surface area contributed by atoms with E-state index in [1.54, 1.807) is 0 Å². The highest BCUT2D eigenvalue weighted by Crippen LogP contribution is 2.35. The van der Waals surface area contributed by atoms with Crippen LogP contribution >= 0.6 is 23.5 Å². The van der Waals surface area contributed by atoms with E-state index in [1.165, 1.54) is 22.9 Å². The van der Waals surface area contributed by atoms with Gasteiger partial charge in [-0.3, -0.25) is 0 Å². The molecule has 2 N–H and O–H groups in total. The average molecular weight is 277 g/mol. The summed E-state index contributed by atoms with van der Waals surface area (Å²) < 4.78 is 3.51. The van der Waals surface area contributed by atoms with Gasteiger partial charge < -0.3 is 5.73 Å². The molecule has 0 aliphatic carbocycles. The van der Waals surface area contributed by atoms with Crippen molar-refractivity contribution in [2.75, 3.05) is 0 Å². The normalized spacial score (nSPS) is 11.8. The van der Waals surface area contributed by atoms with Gasteiger partial charge in [0.25, 0.3) is 0 Å². The molecule has 0 unspecified atom stereocenters. The van der Waals surface area contributed by atoms with Crippen LogP contribution in [0.25, 0.3) is 0 Å². The largest absolute Gasteiger partial charge is 0.377 e. The molecule has 0 atom stereocenters. The number of halogens is 1.